The van der Waals surface area contributed by atoms with Gasteiger partial charge in [-0.15, -0.1) is 0 Å². The topological polar surface area (TPSA) is 66.4 Å². The lowest BCUT2D eigenvalue weighted by molar-refractivity contribution is -0.141. The highest BCUT2D eigenvalue weighted by Crippen LogP contribution is 2.26. The van der Waals surface area contributed by atoms with Gasteiger partial charge in [-0.3, -0.25) is 9.59 Å². The number of hydrogen-bond donors (Lipinski definition) is 2. The van der Waals surface area contributed by atoms with E-state index in [2.05, 4.69) is 5.32 Å². The number of aliphatic carboxylic acids is 1. The van der Waals surface area contributed by atoms with Gasteiger partial charge in [0, 0.05) is 12.5 Å². The lowest BCUT2D eigenvalue weighted by atomic mass is 9.97. The number of rotatable bonds is 5. The minimum atomic E-state index is -0.751. The van der Waals surface area contributed by atoms with Crippen molar-refractivity contribution < 1.29 is 14.7 Å². The summed E-state index contributed by atoms with van der Waals surface area (Å²) >= 11 is 0. The molecule has 0 bridgehead atoms. The molecule has 20 heavy (non-hydrogen) atoms. The van der Waals surface area contributed by atoms with Crippen LogP contribution >= 0.6 is 0 Å². The van der Waals surface area contributed by atoms with Gasteiger partial charge in [-0.1, -0.05) is 37.3 Å². The van der Waals surface area contributed by atoms with Crippen molar-refractivity contribution in [2.45, 2.75) is 44.6 Å². The van der Waals surface area contributed by atoms with Gasteiger partial charge in [-0.25, -0.2) is 0 Å². The Labute approximate surface area is 119 Å². The number of amides is 1. The van der Waals surface area contributed by atoms with Crippen molar-refractivity contribution >= 4 is 11.9 Å². The van der Waals surface area contributed by atoms with E-state index in [9.17, 15) is 9.59 Å². The van der Waals surface area contributed by atoms with Crippen molar-refractivity contribution in [2.24, 2.45) is 5.92 Å². The first-order valence-corrected chi connectivity index (χ1v) is 7.13. The average Bonchev–Trinajstić information content (AvgIpc) is 2.88. The minimum Gasteiger partial charge on any atom is -0.481 e. The van der Waals surface area contributed by atoms with E-state index in [0.29, 0.717) is 19.3 Å². The van der Waals surface area contributed by atoms with Crippen LogP contribution in [0.15, 0.2) is 30.3 Å². The Morgan fingerprint density at radius 2 is 2.00 bits per heavy atom. The van der Waals surface area contributed by atoms with Crippen molar-refractivity contribution in [3.63, 3.8) is 0 Å². The molecule has 1 fully saturated rings. The van der Waals surface area contributed by atoms with Crippen LogP contribution in [0.5, 0.6) is 0 Å². The summed E-state index contributed by atoms with van der Waals surface area (Å²) < 4.78 is 0. The number of carboxylic acids is 1. The first kappa shape index (κ1) is 14.6. The van der Waals surface area contributed by atoms with E-state index in [1.54, 1.807) is 0 Å². The third-order valence-electron chi connectivity index (χ3n) is 4.01. The molecular formula is C16H21NO3. The Bertz CT molecular complexity index is 472. The van der Waals surface area contributed by atoms with Gasteiger partial charge in [0.05, 0.1) is 5.92 Å². The van der Waals surface area contributed by atoms with Gasteiger partial charge in [0.15, 0.2) is 0 Å². The maximum atomic E-state index is 12.0. The fraction of sp³-hybridized carbons (Fsp3) is 0.500. The van der Waals surface area contributed by atoms with Gasteiger partial charge in [-0.05, 0) is 30.7 Å². The summed E-state index contributed by atoms with van der Waals surface area (Å²) in [7, 11) is 0. The molecule has 2 N–H and O–H groups in total. The SMILES string of the molecule is CC(CC(=O)N[C@@H]1CC[C@H](C(=O)O)C1)c1ccccc1. The molecule has 0 saturated heterocycles. The Hall–Kier alpha value is -1.84. The van der Waals surface area contributed by atoms with Crippen molar-refractivity contribution in [1.82, 2.24) is 5.32 Å². The van der Waals surface area contributed by atoms with Crippen LogP contribution in [0.3, 0.4) is 0 Å². The lowest BCUT2D eigenvalue weighted by Gasteiger charge is -2.15. The van der Waals surface area contributed by atoms with Gasteiger partial charge in [-0.2, -0.15) is 0 Å². The predicted octanol–water partition coefficient (Wildman–Crippen LogP) is 2.55. The van der Waals surface area contributed by atoms with Crippen LogP contribution in [0.4, 0.5) is 0 Å². The molecule has 1 aromatic rings. The number of nitrogens with one attached hydrogen (secondary N) is 1. The number of benzene rings is 1. The normalized spacial score (nSPS) is 23.2. The van der Waals surface area contributed by atoms with E-state index in [4.69, 9.17) is 5.11 Å². The molecule has 2 rings (SSSR count). The molecule has 1 aromatic carbocycles. The Kier molecular flexibility index (Phi) is 4.77. The molecule has 1 saturated carbocycles. The Morgan fingerprint density at radius 3 is 2.60 bits per heavy atom. The van der Waals surface area contributed by atoms with E-state index in [0.717, 1.165) is 12.0 Å². The van der Waals surface area contributed by atoms with Gasteiger partial charge in [0.25, 0.3) is 0 Å². The summed E-state index contributed by atoms with van der Waals surface area (Å²) in [5, 5.41) is 11.9. The van der Waals surface area contributed by atoms with Gasteiger partial charge >= 0.3 is 5.97 Å². The van der Waals surface area contributed by atoms with E-state index >= 15 is 0 Å². The molecule has 0 aliphatic heterocycles. The Balaban J connectivity index is 1.80. The maximum Gasteiger partial charge on any atom is 0.306 e. The van der Waals surface area contributed by atoms with Gasteiger partial charge in [0.1, 0.15) is 0 Å². The molecular weight excluding hydrogens is 254 g/mol. The molecule has 0 spiro atoms. The summed E-state index contributed by atoms with van der Waals surface area (Å²) in [5.74, 6) is -0.864. The van der Waals surface area contributed by atoms with E-state index < -0.39 is 5.97 Å². The second-order valence-electron chi connectivity index (χ2n) is 5.63. The smallest absolute Gasteiger partial charge is 0.306 e. The minimum absolute atomic E-state index is 0.0115. The lowest BCUT2D eigenvalue weighted by Crippen LogP contribution is -2.33. The van der Waals surface area contributed by atoms with Crippen LogP contribution in [0.25, 0.3) is 0 Å². The molecule has 1 aliphatic rings. The first-order valence-electron chi connectivity index (χ1n) is 7.13. The fourth-order valence-corrected chi connectivity index (χ4v) is 2.80. The summed E-state index contributed by atoms with van der Waals surface area (Å²) in [4.78, 5) is 22.9. The third-order valence-corrected chi connectivity index (χ3v) is 4.01. The Morgan fingerprint density at radius 1 is 1.30 bits per heavy atom. The molecule has 1 aliphatic carbocycles. The monoisotopic (exact) mass is 275 g/mol. The van der Waals surface area contributed by atoms with Crippen LogP contribution < -0.4 is 5.32 Å². The van der Waals surface area contributed by atoms with Crippen LogP contribution in [0, 0.1) is 5.92 Å². The standard InChI is InChI=1S/C16H21NO3/c1-11(12-5-3-2-4-6-12)9-15(18)17-14-8-7-13(10-14)16(19)20/h2-6,11,13-14H,7-10H2,1H3,(H,17,18)(H,19,20)/t11?,13-,14+/m0/s1. The molecule has 4 nitrogen and oxygen atoms in total. The molecule has 108 valence electrons. The third kappa shape index (κ3) is 3.83. The largest absolute Gasteiger partial charge is 0.481 e. The quantitative estimate of drug-likeness (QED) is 0.868. The summed E-state index contributed by atoms with van der Waals surface area (Å²) in [6.07, 6.45) is 2.43. The molecule has 0 radical (unpaired) electrons. The molecule has 4 heteroatoms. The summed E-state index contributed by atoms with van der Waals surface area (Å²) in [5.41, 5.74) is 1.15. The van der Waals surface area contributed by atoms with E-state index in [1.807, 2.05) is 37.3 Å². The van der Waals surface area contributed by atoms with Crippen molar-refractivity contribution in [2.75, 3.05) is 0 Å². The van der Waals surface area contributed by atoms with E-state index in [-0.39, 0.29) is 23.8 Å². The number of carboxylic acid groups (broad SMARTS) is 1. The van der Waals surface area contributed by atoms with Crippen LogP contribution in [0.2, 0.25) is 0 Å². The highest BCUT2D eigenvalue weighted by Gasteiger charge is 2.30. The van der Waals surface area contributed by atoms with Crippen molar-refractivity contribution in [1.29, 1.82) is 0 Å². The highest BCUT2D eigenvalue weighted by atomic mass is 16.4. The molecule has 1 amide bonds. The predicted molar refractivity (Wildman–Crippen MR) is 76.4 cm³/mol. The molecule has 3 atom stereocenters. The van der Waals surface area contributed by atoms with Crippen LogP contribution in [-0.2, 0) is 9.59 Å². The van der Waals surface area contributed by atoms with Crippen LogP contribution in [-0.4, -0.2) is 23.0 Å². The molecule has 1 unspecified atom stereocenters. The van der Waals surface area contributed by atoms with Crippen LogP contribution in [0.1, 0.15) is 44.1 Å². The zero-order valence-electron chi connectivity index (χ0n) is 11.7. The molecule has 0 heterocycles. The zero-order valence-corrected chi connectivity index (χ0v) is 11.7. The van der Waals surface area contributed by atoms with E-state index in [1.165, 1.54) is 0 Å². The second kappa shape index (κ2) is 6.55. The van der Waals surface area contributed by atoms with Gasteiger partial charge in [0.2, 0.25) is 5.91 Å². The average molecular weight is 275 g/mol. The first-order chi connectivity index (χ1) is 9.56. The highest BCUT2D eigenvalue weighted by molar-refractivity contribution is 5.77. The number of hydrogen-bond acceptors (Lipinski definition) is 2. The summed E-state index contributed by atoms with van der Waals surface area (Å²) in [6, 6.07) is 9.96. The molecule has 0 aromatic heterocycles. The van der Waals surface area contributed by atoms with Gasteiger partial charge < -0.3 is 10.4 Å². The number of carbonyl (C=O) groups excluding carboxylic acids is 1. The zero-order chi connectivity index (χ0) is 14.5. The van der Waals surface area contributed by atoms with Crippen molar-refractivity contribution in [3.8, 4) is 0 Å². The fourth-order valence-electron chi connectivity index (χ4n) is 2.80. The number of carbonyl (C=O) groups is 2. The summed E-state index contributed by atoms with van der Waals surface area (Å²) in [6.45, 7) is 2.03. The van der Waals surface area contributed by atoms with Crippen molar-refractivity contribution in [3.05, 3.63) is 35.9 Å². The maximum absolute atomic E-state index is 12.0. The second-order valence-corrected chi connectivity index (χ2v) is 5.63.